The van der Waals surface area contributed by atoms with Gasteiger partial charge in [0.1, 0.15) is 25.4 Å². The first kappa shape index (κ1) is 92.7. The molecule has 0 fully saturated rings. The third-order valence-electron chi connectivity index (χ3n) is 15.3. The van der Waals surface area contributed by atoms with E-state index in [1.807, 2.05) is 0 Å². The maximum Gasteiger partial charge on any atom is 0.472 e. The van der Waals surface area contributed by atoms with E-state index in [4.69, 9.17) is 32.3 Å². The predicted octanol–water partition coefficient (Wildman–Crippen LogP) is 21.5. The van der Waals surface area contributed by atoms with Gasteiger partial charge in [0.2, 0.25) is 0 Å². The van der Waals surface area contributed by atoms with Gasteiger partial charge in [-0.05, 0) is 141 Å². The normalized spacial score (nSPS) is 14.8. The number of ether oxygens (including phenoxy) is 3. The first-order chi connectivity index (χ1) is 47.2. The second kappa shape index (κ2) is 71.5. The molecule has 0 bridgehead atoms. The van der Waals surface area contributed by atoms with Gasteiger partial charge in [-0.1, -0.05) is 264 Å². The zero-order chi connectivity index (χ0) is 70.9. The van der Waals surface area contributed by atoms with Crippen molar-refractivity contribution in [2.75, 3.05) is 39.6 Å². The van der Waals surface area contributed by atoms with Crippen LogP contribution in [0.3, 0.4) is 0 Å². The van der Waals surface area contributed by atoms with Crippen molar-refractivity contribution in [3.63, 3.8) is 0 Å². The van der Waals surface area contributed by atoms with Crippen LogP contribution in [-0.2, 0) is 55.8 Å². The summed E-state index contributed by atoms with van der Waals surface area (Å²) in [6.45, 7) is 2.46. The SMILES string of the molecule is CC/C=C\C/C=C\C/C=C\C/C=C\C/C=C\CCCCCCCC(=O)OCC(COP(=O)(O)OCC(O)COP(=O)(O)OCC(O)COC(=O)CCCCCCCCCCC/C=C\C/C=C\C/C=C\C/C=C\CCCCC)OC(=O)CCCCCCC/C=C\C/C=C\CCCCC. The number of unbranched alkanes of at least 4 members (excludes halogenated alkanes) is 25. The maximum atomic E-state index is 12.9. The van der Waals surface area contributed by atoms with Crippen LogP contribution >= 0.6 is 15.6 Å². The lowest BCUT2D eigenvalue weighted by atomic mass is 10.1. The average Bonchev–Trinajstić information content (AvgIpc) is 2.08. The Labute approximate surface area is 588 Å². The van der Waals surface area contributed by atoms with E-state index in [2.05, 4.69) is 154 Å². The highest BCUT2D eigenvalue weighted by molar-refractivity contribution is 7.47. The molecule has 0 aliphatic rings. The number of carbonyl (C=O) groups excluding carboxylic acids is 3. The van der Waals surface area contributed by atoms with Crippen LogP contribution in [0, 0.1) is 0 Å². The molecule has 0 rings (SSSR count). The van der Waals surface area contributed by atoms with Crippen molar-refractivity contribution in [3.8, 4) is 0 Å². The minimum Gasteiger partial charge on any atom is -0.463 e. The Morgan fingerprint density at radius 3 is 0.866 bits per heavy atom. The number of esters is 3. The lowest BCUT2D eigenvalue weighted by Crippen LogP contribution is -2.30. The summed E-state index contributed by atoms with van der Waals surface area (Å²) in [5.74, 6) is -1.62. The number of allylic oxidation sites excluding steroid dienone is 22. The Balaban J connectivity index is 4.64. The van der Waals surface area contributed by atoms with Gasteiger partial charge in [0.05, 0.1) is 26.4 Å². The van der Waals surface area contributed by atoms with Crippen molar-refractivity contribution >= 4 is 33.6 Å². The van der Waals surface area contributed by atoms with E-state index in [-0.39, 0.29) is 19.3 Å². The largest absolute Gasteiger partial charge is 0.472 e. The van der Waals surface area contributed by atoms with Gasteiger partial charge in [-0.15, -0.1) is 0 Å². The molecule has 0 saturated carbocycles. The van der Waals surface area contributed by atoms with Crippen LogP contribution in [0.5, 0.6) is 0 Å². The Morgan fingerprint density at radius 1 is 0.299 bits per heavy atom. The fourth-order valence-electron chi connectivity index (χ4n) is 9.61. The molecule has 97 heavy (non-hydrogen) atoms. The zero-order valence-electron chi connectivity index (χ0n) is 60.5. The number of aliphatic hydroxyl groups excluding tert-OH is 2. The van der Waals surface area contributed by atoms with Crippen LogP contribution in [0.2, 0.25) is 0 Å². The molecule has 0 aliphatic carbocycles. The second-order valence-corrected chi connectivity index (χ2v) is 27.6. The number of hydrogen-bond acceptors (Lipinski definition) is 14. The monoisotopic (exact) mass is 1400 g/mol. The van der Waals surface area contributed by atoms with E-state index in [0.29, 0.717) is 19.3 Å². The first-order valence-corrected chi connectivity index (χ1v) is 40.5. The summed E-state index contributed by atoms with van der Waals surface area (Å²) in [6, 6.07) is 0. The van der Waals surface area contributed by atoms with Crippen LogP contribution in [0.25, 0.3) is 0 Å². The Morgan fingerprint density at radius 2 is 0.546 bits per heavy atom. The summed E-state index contributed by atoms with van der Waals surface area (Å²) in [5, 5.41) is 20.6. The van der Waals surface area contributed by atoms with Gasteiger partial charge in [0, 0.05) is 19.3 Å². The van der Waals surface area contributed by atoms with Crippen LogP contribution in [-0.4, -0.2) is 95.9 Å². The quantitative estimate of drug-likeness (QED) is 0.0146. The average molecular weight is 1400 g/mol. The third-order valence-corrected chi connectivity index (χ3v) is 17.2. The molecule has 556 valence electrons. The van der Waals surface area contributed by atoms with Gasteiger partial charge in [-0.2, -0.15) is 0 Å². The van der Waals surface area contributed by atoms with E-state index in [1.54, 1.807) is 0 Å². The van der Waals surface area contributed by atoms with Crippen molar-refractivity contribution in [3.05, 3.63) is 134 Å². The van der Waals surface area contributed by atoms with Crippen LogP contribution in [0.4, 0.5) is 0 Å². The summed E-state index contributed by atoms with van der Waals surface area (Å²) in [6.07, 6.45) is 84.9. The molecule has 0 aromatic rings. The maximum absolute atomic E-state index is 12.9. The van der Waals surface area contributed by atoms with Gasteiger partial charge in [-0.3, -0.25) is 32.5 Å². The molecular weight excluding hydrogens is 1270 g/mol. The molecule has 16 nitrogen and oxygen atoms in total. The van der Waals surface area contributed by atoms with Crippen molar-refractivity contribution < 1.29 is 75.8 Å². The Bertz CT molecular complexity index is 2300. The van der Waals surface area contributed by atoms with E-state index < -0.39 is 91.5 Å². The molecule has 0 aliphatic heterocycles. The minimum absolute atomic E-state index is 0.0803. The number of carbonyl (C=O) groups is 3. The molecule has 4 N–H and O–H groups in total. The highest BCUT2D eigenvalue weighted by Gasteiger charge is 2.29. The molecule has 0 saturated heterocycles. The fraction of sp³-hybridized carbons (Fsp3) is 0.684. The Kier molecular flexibility index (Phi) is 68.3. The standard InChI is InChI=1S/C79H134O16P2/c1-4-7-10-13-16-19-22-25-28-30-32-34-35-36-37-39-41-42-45-47-50-53-56-59-62-65-77(82)89-68-74(80)69-91-96(85,86)92-70-75(81)71-93-97(87,88)94-73-76(95-79(84)67-64-61-58-55-52-49-44-27-24-21-18-15-12-9-6-3)72-90-78(83)66-63-60-57-54-51-48-46-43-40-38-33-31-29-26-23-20-17-14-11-8-5-2/h8,11,16-21,25-29,32-34,36-38,43-44,46,74-76,80-81H,4-7,9-10,12-15,22-24,30-31,35,39-42,45,47-73H2,1-3H3,(H,85,86)(H,87,88)/b11-8-,19-16-,20-17-,21-18-,28-25-,29-26-,34-32-,37-36-,38-33-,44-27-,46-43-. The zero-order valence-corrected chi connectivity index (χ0v) is 62.2. The molecular formula is C79H134O16P2. The Hall–Kier alpha value is -4.31. The van der Waals surface area contributed by atoms with Crippen molar-refractivity contribution in [1.29, 1.82) is 0 Å². The van der Waals surface area contributed by atoms with E-state index in [0.717, 1.165) is 161 Å². The number of aliphatic hydroxyl groups is 2. The smallest absolute Gasteiger partial charge is 0.463 e. The topological polar surface area (TPSA) is 231 Å². The number of hydrogen-bond donors (Lipinski definition) is 4. The lowest BCUT2D eigenvalue weighted by Gasteiger charge is -2.21. The highest BCUT2D eigenvalue weighted by atomic mass is 31.2. The second-order valence-electron chi connectivity index (χ2n) is 24.7. The van der Waals surface area contributed by atoms with Gasteiger partial charge in [0.25, 0.3) is 0 Å². The van der Waals surface area contributed by atoms with Crippen molar-refractivity contribution in [2.24, 2.45) is 0 Å². The molecule has 5 atom stereocenters. The van der Waals surface area contributed by atoms with Crippen LogP contribution in [0.15, 0.2) is 134 Å². The van der Waals surface area contributed by atoms with Crippen molar-refractivity contribution in [2.45, 2.75) is 309 Å². The summed E-state index contributed by atoms with van der Waals surface area (Å²) in [7, 11) is -9.80. The number of phosphoric ester groups is 2. The minimum atomic E-state index is -4.94. The fourth-order valence-corrected chi connectivity index (χ4v) is 11.2. The number of rotatable bonds is 70. The molecule has 18 heteroatoms. The van der Waals surface area contributed by atoms with E-state index in [1.165, 1.54) is 70.6 Å². The number of phosphoric acid groups is 2. The first-order valence-electron chi connectivity index (χ1n) is 37.5. The molecule has 0 spiro atoms. The summed E-state index contributed by atoms with van der Waals surface area (Å²) >= 11 is 0. The van der Waals surface area contributed by atoms with Gasteiger partial charge < -0.3 is 34.2 Å². The summed E-state index contributed by atoms with van der Waals surface area (Å²) in [5.41, 5.74) is 0. The highest BCUT2D eigenvalue weighted by Crippen LogP contribution is 2.45. The molecule has 0 amide bonds. The lowest BCUT2D eigenvalue weighted by molar-refractivity contribution is -0.161. The summed E-state index contributed by atoms with van der Waals surface area (Å²) < 4.78 is 61.0. The van der Waals surface area contributed by atoms with E-state index in [9.17, 15) is 43.5 Å². The predicted molar refractivity (Wildman–Crippen MR) is 399 cm³/mol. The molecule has 0 heterocycles. The molecule has 5 unspecified atom stereocenters. The van der Waals surface area contributed by atoms with Crippen molar-refractivity contribution in [1.82, 2.24) is 0 Å². The van der Waals surface area contributed by atoms with Crippen LogP contribution in [0.1, 0.15) is 290 Å². The third kappa shape index (κ3) is 72.8. The van der Waals surface area contributed by atoms with Gasteiger partial charge in [0.15, 0.2) is 6.10 Å². The summed E-state index contributed by atoms with van der Waals surface area (Å²) in [4.78, 5) is 58.6. The van der Waals surface area contributed by atoms with Gasteiger partial charge in [-0.25, -0.2) is 9.13 Å². The molecule has 0 radical (unpaired) electrons. The molecule has 0 aromatic carbocycles. The van der Waals surface area contributed by atoms with Crippen LogP contribution < -0.4 is 0 Å². The van der Waals surface area contributed by atoms with Gasteiger partial charge >= 0.3 is 33.6 Å². The van der Waals surface area contributed by atoms with E-state index >= 15 is 0 Å². The molecule has 0 aromatic heterocycles.